The molecular weight excluding hydrogens is 496 g/mol. The number of hydrogen-bond acceptors (Lipinski definition) is 6. The lowest BCUT2D eigenvalue weighted by Crippen LogP contribution is -2.38. The topological polar surface area (TPSA) is 78.1 Å². The lowest BCUT2D eigenvalue weighted by molar-refractivity contribution is 0.306. The van der Waals surface area contributed by atoms with E-state index in [2.05, 4.69) is 63.1 Å². The second kappa shape index (κ2) is 12.0. The van der Waals surface area contributed by atoms with Crippen LogP contribution in [0.25, 0.3) is 21.8 Å². The summed E-state index contributed by atoms with van der Waals surface area (Å²) in [4.78, 5) is 15.1. The lowest BCUT2D eigenvalue weighted by Gasteiger charge is -2.30. The summed E-state index contributed by atoms with van der Waals surface area (Å²) in [6.07, 6.45) is 7.65. The Morgan fingerprint density at radius 3 is 2.48 bits per heavy atom. The van der Waals surface area contributed by atoms with Crippen molar-refractivity contribution in [1.82, 2.24) is 20.3 Å². The maximum Gasteiger partial charge on any atom is 0.225 e. The summed E-state index contributed by atoms with van der Waals surface area (Å²) in [6.45, 7) is 1.54. The molecule has 0 radical (unpaired) electrons. The van der Waals surface area contributed by atoms with Crippen molar-refractivity contribution in [3.8, 4) is 5.75 Å². The van der Waals surface area contributed by atoms with Crippen molar-refractivity contribution in [3.63, 3.8) is 0 Å². The van der Waals surface area contributed by atoms with Gasteiger partial charge in [-0.1, -0.05) is 42.5 Å². The van der Waals surface area contributed by atoms with Gasteiger partial charge in [0.25, 0.3) is 0 Å². The molecule has 1 fully saturated rings. The number of ether oxygens (including phenoxy) is 1. The van der Waals surface area contributed by atoms with E-state index in [4.69, 9.17) is 14.7 Å². The monoisotopic (exact) mass is 534 g/mol. The van der Waals surface area contributed by atoms with Crippen LogP contribution in [0.2, 0.25) is 0 Å². The first-order valence-corrected chi connectivity index (χ1v) is 14.3. The van der Waals surface area contributed by atoms with Crippen molar-refractivity contribution in [1.29, 1.82) is 0 Å². The molecule has 7 nitrogen and oxygen atoms in total. The second-order valence-corrected chi connectivity index (χ2v) is 11.0. The van der Waals surface area contributed by atoms with Gasteiger partial charge in [0.1, 0.15) is 18.2 Å². The SMILES string of the molecule is CN(C)c1nc(NC2CCC(NCCc3c[nH]c4ccc(OCc5ccccc5)cc34)CC2)nc2ccccc12. The first-order chi connectivity index (χ1) is 19.6. The van der Waals surface area contributed by atoms with E-state index in [1.54, 1.807) is 0 Å². The molecule has 6 rings (SSSR count). The second-order valence-electron chi connectivity index (χ2n) is 11.0. The summed E-state index contributed by atoms with van der Waals surface area (Å²) < 4.78 is 6.07. The Bertz CT molecular complexity index is 1560. The first-order valence-electron chi connectivity index (χ1n) is 14.3. The Hall–Kier alpha value is -4.10. The molecule has 40 heavy (non-hydrogen) atoms. The zero-order chi connectivity index (χ0) is 27.3. The molecule has 7 heteroatoms. The molecule has 1 saturated carbocycles. The third-order valence-electron chi connectivity index (χ3n) is 7.88. The van der Waals surface area contributed by atoms with Gasteiger partial charge in [-0.25, -0.2) is 4.98 Å². The maximum absolute atomic E-state index is 6.07. The minimum absolute atomic E-state index is 0.400. The third kappa shape index (κ3) is 6.05. The van der Waals surface area contributed by atoms with E-state index in [0.29, 0.717) is 18.7 Å². The van der Waals surface area contributed by atoms with Gasteiger partial charge in [-0.2, -0.15) is 4.98 Å². The predicted molar refractivity (Wildman–Crippen MR) is 164 cm³/mol. The molecule has 0 bridgehead atoms. The van der Waals surface area contributed by atoms with E-state index >= 15 is 0 Å². The van der Waals surface area contributed by atoms with Gasteiger partial charge in [0.05, 0.1) is 5.52 Å². The molecule has 2 heterocycles. The quantitative estimate of drug-likeness (QED) is 0.195. The largest absolute Gasteiger partial charge is 0.489 e. The number of aromatic nitrogens is 3. The molecule has 1 aliphatic rings. The number of nitrogens with one attached hydrogen (secondary N) is 3. The summed E-state index contributed by atoms with van der Waals surface area (Å²) in [5.41, 5.74) is 4.63. The van der Waals surface area contributed by atoms with Crippen molar-refractivity contribution in [2.75, 3.05) is 30.9 Å². The highest BCUT2D eigenvalue weighted by atomic mass is 16.5. The third-order valence-corrected chi connectivity index (χ3v) is 7.88. The molecule has 3 aromatic carbocycles. The van der Waals surface area contributed by atoms with Gasteiger partial charge >= 0.3 is 0 Å². The number of H-pyrrole nitrogens is 1. The van der Waals surface area contributed by atoms with Crippen molar-refractivity contribution < 1.29 is 4.74 Å². The zero-order valence-corrected chi connectivity index (χ0v) is 23.4. The van der Waals surface area contributed by atoms with Gasteiger partial charge in [0.15, 0.2) is 0 Å². The average Bonchev–Trinajstić information content (AvgIpc) is 3.39. The van der Waals surface area contributed by atoms with E-state index in [9.17, 15) is 0 Å². The number of nitrogens with zero attached hydrogens (tertiary/aromatic N) is 3. The summed E-state index contributed by atoms with van der Waals surface area (Å²) in [6, 6.07) is 25.8. The Labute approximate surface area is 236 Å². The number of benzene rings is 3. The number of rotatable bonds is 10. The van der Waals surface area contributed by atoms with E-state index in [1.165, 1.54) is 16.5 Å². The Morgan fingerprint density at radius 2 is 1.65 bits per heavy atom. The van der Waals surface area contributed by atoms with Crippen LogP contribution in [0.4, 0.5) is 11.8 Å². The van der Waals surface area contributed by atoms with Gasteiger partial charge in [-0.15, -0.1) is 0 Å². The number of fused-ring (bicyclic) bond motifs is 2. The van der Waals surface area contributed by atoms with E-state index in [1.807, 2.05) is 50.5 Å². The highest BCUT2D eigenvalue weighted by Crippen LogP contribution is 2.27. The van der Waals surface area contributed by atoms with E-state index in [-0.39, 0.29) is 0 Å². The van der Waals surface area contributed by atoms with Crippen molar-refractivity contribution >= 4 is 33.6 Å². The summed E-state index contributed by atoms with van der Waals surface area (Å²) in [5.74, 6) is 2.59. The fourth-order valence-corrected chi connectivity index (χ4v) is 5.70. The van der Waals surface area contributed by atoms with Crippen LogP contribution in [0.1, 0.15) is 36.8 Å². The molecule has 0 saturated heterocycles. The van der Waals surface area contributed by atoms with Crippen molar-refractivity contribution in [2.45, 2.75) is 50.8 Å². The number of para-hydroxylation sites is 1. The first kappa shape index (κ1) is 26.1. The minimum atomic E-state index is 0.400. The zero-order valence-electron chi connectivity index (χ0n) is 23.4. The molecule has 2 aromatic heterocycles. The van der Waals surface area contributed by atoms with Crippen molar-refractivity contribution in [2.24, 2.45) is 0 Å². The van der Waals surface area contributed by atoms with Crippen LogP contribution in [0.5, 0.6) is 5.75 Å². The molecule has 206 valence electrons. The molecule has 0 unspecified atom stereocenters. The van der Waals surface area contributed by atoms with Gasteiger partial charge in [0, 0.05) is 48.7 Å². The molecule has 1 aliphatic carbocycles. The number of hydrogen-bond donors (Lipinski definition) is 3. The predicted octanol–water partition coefficient (Wildman–Crippen LogP) is 6.31. The van der Waals surface area contributed by atoms with Crippen LogP contribution >= 0.6 is 0 Å². The van der Waals surface area contributed by atoms with E-state index in [0.717, 1.165) is 72.6 Å². The van der Waals surface area contributed by atoms with Crippen LogP contribution < -0.4 is 20.3 Å². The van der Waals surface area contributed by atoms with E-state index < -0.39 is 0 Å². The fourth-order valence-electron chi connectivity index (χ4n) is 5.70. The van der Waals surface area contributed by atoms with Gasteiger partial charge in [-0.05, 0) is 80.1 Å². The molecular formula is C33H38N6O. The van der Waals surface area contributed by atoms with Gasteiger partial charge in [0.2, 0.25) is 5.95 Å². The minimum Gasteiger partial charge on any atom is -0.489 e. The highest BCUT2D eigenvalue weighted by molar-refractivity contribution is 5.90. The van der Waals surface area contributed by atoms with Crippen LogP contribution in [0.15, 0.2) is 79.0 Å². The molecule has 0 spiro atoms. The normalized spacial score (nSPS) is 17.2. The molecule has 5 aromatic rings. The highest BCUT2D eigenvalue weighted by Gasteiger charge is 2.22. The lowest BCUT2D eigenvalue weighted by atomic mass is 9.91. The fraction of sp³-hybridized carbons (Fsp3) is 0.333. The maximum atomic E-state index is 6.07. The van der Waals surface area contributed by atoms with Crippen LogP contribution in [-0.2, 0) is 13.0 Å². The van der Waals surface area contributed by atoms with Gasteiger partial charge < -0.3 is 25.3 Å². The summed E-state index contributed by atoms with van der Waals surface area (Å²) in [7, 11) is 4.06. The number of aromatic amines is 1. The summed E-state index contributed by atoms with van der Waals surface area (Å²) in [5, 5.41) is 9.75. The van der Waals surface area contributed by atoms with Crippen molar-refractivity contribution in [3.05, 3.63) is 90.1 Å². The standard InChI is InChI=1S/C33H38N6O/c1-39(2)32-28-10-6-7-11-31(28)37-33(38-32)36-26-14-12-25(13-15-26)34-19-18-24-21-35-30-17-16-27(20-29(24)30)40-22-23-8-4-3-5-9-23/h3-11,16-17,20-21,25-26,34-35H,12-15,18-19,22H2,1-2H3,(H,36,37,38). The van der Waals surface area contributed by atoms with Crippen LogP contribution in [-0.4, -0.2) is 47.7 Å². The van der Waals surface area contributed by atoms with Crippen LogP contribution in [0.3, 0.4) is 0 Å². The average molecular weight is 535 g/mol. The summed E-state index contributed by atoms with van der Waals surface area (Å²) >= 11 is 0. The molecule has 0 atom stereocenters. The Morgan fingerprint density at radius 1 is 0.875 bits per heavy atom. The molecule has 3 N–H and O–H groups in total. The molecule has 0 amide bonds. The molecule has 0 aliphatic heterocycles. The van der Waals surface area contributed by atoms with Crippen LogP contribution in [0, 0.1) is 0 Å². The Kier molecular flexibility index (Phi) is 7.82. The number of anilines is 2. The van der Waals surface area contributed by atoms with Gasteiger partial charge in [-0.3, -0.25) is 0 Å². The Balaban J connectivity index is 0.996. The smallest absolute Gasteiger partial charge is 0.225 e.